The minimum absolute atomic E-state index is 0.108. The lowest BCUT2D eigenvalue weighted by Crippen LogP contribution is -2.27. The molecule has 2 atom stereocenters. The lowest BCUT2D eigenvalue weighted by molar-refractivity contribution is -0.157. The fraction of sp³-hybridized carbons (Fsp3) is 0.389. The van der Waals surface area contributed by atoms with Gasteiger partial charge in [-0.3, -0.25) is 0 Å². The van der Waals surface area contributed by atoms with Crippen LogP contribution >= 0.6 is 0 Å². The van der Waals surface area contributed by atoms with Crippen LogP contribution in [-0.2, 0) is 14.3 Å². The summed E-state index contributed by atoms with van der Waals surface area (Å²) in [5.74, 6) is -1.38. The molecular weight excluding hydrogens is 312 g/mol. The second kappa shape index (κ2) is 7.51. The fourth-order valence-electron chi connectivity index (χ4n) is 2.84. The summed E-state index contributed by atoms with van der Waals surface area (Å²) in [7, 11) is 0. The van der Waals surface area contributed by atoms with Gasteiger partial charge in [-0.2, -0.15) is 0 Å². The summed E-state index contributed by atoms with van der Waals surface area (Å²) in [6, 6.07) is 7.65. The number of aliphatic carboxylic acids is 1. The number of allylic oxidation sites excluding steroid dienone is 1. The van der Waals surface area contributed by atoms with Crippen molar-refractivity contribution < 1.29 is 28.9 Å². The highest BCUT2D eigenvalue weighted by Crippen LogP contribution is 2.36. The Morgan fingerprint density at radius 2 is 2.12 bits per heavy atom. The van der Waals surface area contributed by atoms with E-state index in [0.717, 1.165) is 16.5 Å². The summed E-state index contributed by atoms with van der Waals surface area (Å²) in [4.78, 5) is 11.3. The van der Waals surface area contributed by atoms with E-state index in [1.165, 1.54) is 0 Å². The highest BCUT2D eigenvalue weighted by atomic mass is 16.7. The smallest absolute Gasteiger partial charge is 0.370 e. The van der Waals surface area contributed by atoms with Gasteiger partial charge in [-0.25, -0.2) is 4.79 Å². The molecule has 2 unspecified atom stereocenters. The van der Waals surface area contributed by atoms with Crippen LogP contribution in [0.5, 0.6) is 0 Å². The van der Waals surface area contributed by atoms with Crippen LogP contribution in [0, 0.1) is 0 Å². The Balaban J connectivity index is 1.80. The average molecular weight is 332 g/mol. The Labute approximate surface area is 139 Å². The van der Waals surface area contributed by atoms with E-state index < -0.39 is 12.3 Å². The topological polar surface area (TPSA) is 89.1 Å². The number of unbranched alkanes of at least 4 members (excludes halogenated alkanes) is 1. The number of ether oxygens (including phenoxy) is 2. The summed E-state index contributed by atoms with van der Waals surface area (Å²) >= 11 is 0. The molecule has 6 heteroatoms. The maximum absolute atomic E-state index is 11.3. The van der Waals surface area contributed by atoms with Gasteiger partial charge in [0.25, 0.3) is 0 Å². The van der Waals surface area contributed by atoms with Crippen molar-refractivity contribution in [3.63, 3.8) is 0 Å². The number of carboxylic acids is 1. The number of rotatable bonds is 7. The van der Waals surface area contributed by atoms with E-state index in [2.05, 4.69) is 0 Å². The normalized spacial score (nSPS) is 20.6. The van der Waals surface area contributed by atoms with Crippen molar-refractivity contribution in [3.05, 3.63) is 47.9 Å². The van der Waals surface area contributed by atoms with E-state index in [4.69, 9.17) is 19.0 Å². The zero-order valence-electron chi connectivity index (χ0n) is 13.2. The Morgan fingerprint density at radius 1 is 1.29 bits per heavy atom. The number of para-hydroxylation sites is 1. The van der Waals surface area contributed by atoms with E-state index in [9.17, 15) is 9.90 Å². The Morgan fingerprint density at radius 3 is 2.92 bits per heavy atom. The van der Waals surface area contributed by atoms with Crippen LogP contribution in [0.15, 0.2) is 46.8 Å². The highest BCUT2D eigenvalue weighted by molar-refractivity contribution is 5.86. The van der Waals surface area contributed by atoms with E-state index in [-0.39, 0.29) is 18.3 Å². The lowest BCUT2D eigenvalue weighted by Gasteiger charge is -2.27. The third-order valence-corrected chi connectivity index (χ3v) is 4.03. The zero-order chi connectivity index (χ0) is 16.9. The van der Waals surface area contributed by atoms with E-state index in [1.54, 1.807) is 12.3 Å². The molecule has 0 aliphatic carbocycles. The second-order valence-corrected chi connectivity index (χ2v) is 5.71. The predicted octanol–water partition coefficient (Wildman–Crippen LogP) is 3.02. The molecule has 128 valence electrons. The first kappa shape index (κ1) is 16.5. The van der Waals surface area contributed by atoms with Gasteiger partial charge < -0.3 is 24.1 Å². The molecule has 0 radical (unpaired) electrons. The molecule has 6 nitrogen and oxygen atoms in total. The number of hydrogen-bond donors (Lipinski definition) is 2. The number of aliphatic hydroxyl groups excluding tert-OH is 1. The number of fused-ring (bicyclic) bond motifs is 1. The van der Waals surface area contributed by atoms with Gasteiger partial charge in [0.2, 0.25) is 12.0 Å². The molecule has 0 bridgehead atoms. The van der Waals surface area contributed by atoms with Crippen LogP contribution in [0.1, 0.15) is 30.7 Å². The van der Waals surface area contributed by atoms with E-state index >= 15 is 0 Å². The molecule has 2 aromatic rings. The summed E-state index contributed by atoms with van der Waals surface area (Å²) in [5.41, 5.74) is 1.70. The average Bonchev–Trinajstić information content (AvgIpc) is 3.02. The molecule has 2 heterocycles. The molecule has 0 saturated heterocycles. The lowest BCUT2D eigenvalue weighted by atomic mass is 9.92. The molecule has 1 aromatic heterocycles. The standard InChI is InChI=1S/C18H20O6/c19-7-3-4-8-22-17-10-12(9-16(24-17)18(20)21)14-11-23-15-6-2-1-5-13(14)15/h1-2,5-6,9,11-12,17,19H,3-4,7-8,10H2,(H,20,21). The van der Waals surface area contributed by atoms with Crippen LogP contribution < -0.4 is 0 Å². The second-order valence-electron chi connectivity index (χ2n) is 5.71. The first-order valence-corrected chi connectivity index (χ1v) is 7.99. The molecule has 1 aliphatic heterocycles. The van der Waals surface area contributed by atoms with Crippen LogP contribution in [0.25, 0.3) is 11.0 Å². The number of aliphatic hydroxyl groups is 1. The van der Waals surface area contributed by atoms with Crippen molar-refractivity contribution in [2.75, 3.05) is 13.2 Å². The van der Waals surface area contributed by atoms with Gasteiger partial charge in [0.05, 0.1) is 12.9 Å². The first-order chi connectivity index (χ1) is 11.7. The van der Waals surface area contributed by atoms with Crippen LogP contribution in [0.2, 0.25) is 0 Å². The number of benzene rings is 1. The van der Waals surface area contributed by atoms with Gasteiger partial charge in [0.15, 0.2) is 0 Å². The molecule has 0 amide bonds. The van der Waals surface area contributed by atoms with Gasteiger partial charge in [0, 0.05) is 29.9 Å². The van der Waals surface area contributed by atoms with Gasteiger partial charge in [-0.1, -0.05) is 18.2 Å². The molecule has 0 saturated carbocycles. The largest absolute Gasteiger partial charge is 0.475 e. The van der Waals surface area contributed by atoms with Crippen LogP contribution in [0.3, 0.4) is 0 Å². The molecule has 1 aliphatic rings. The van der Waals surface area contributed by atoms with Crippen LogP contribution in [0.4, 0.5) is 0 Å². The molecule has 0 fully saturated rings. The number of carboxylic acid groups (broad SMARTS) is 1. The monoisotopic (exact) mass is 332 g/mol. The van der Waals surface area contributed by atoms with Crippen molar-refractivity contribution in [1.82, 2.24) is 0 Å². The van der Waals surface area contributed by atoms with E-state index in [0.29, 0.717) is 25.9 Å². The van der Waals surface area contributed by atoms with Crippen molar-refractivity contribution in [2.24, 2.45) is 0 Å². The number of carbonyl (C=O) groups is 1. The third-order valence-electron chi connectivity index (χ3n) is 4.03. The van der Waals surface area contributed by atoms with Gasteiger partial charge >= 0.3 is 5.97 Å². The molecule has 24 heavy (non-hydrogen) atoms. The first-order valence-electron chi connectivity index (χ1n) is 7.99. The minimum Gasteiger partial charge on any atom is -0.475 e. The SMILES string of the molecule is O=C(O)C1=CC(c2coc3ccccc23)CC(OCCCCO)O1. The van der Waals surface area contributed by atoms with Crippen molar-refractivity contribution in [3.8, 4) is 0 Å². The number of furan rings is 1. The maximum Gasteiger partial charge on any atom is 0.370 e. The summed E-state index contributed by atoms with van der Waals surface area (Å²) in [6.07, 6.45) is 4.50. The summed E-state index contributed by atoms with van der Waals surface area (Å²) in [6.45, 7) is 0.524. The highest BCUT2D eigenvalue weighted by Gasteiger charge is 2.30. The molecule has 2 N–H and O–H groups in total. The molecule has 0 spiro atoms. The van der Waals surface area contributed by atoms with Gasteiger partial charge in [0.1, 0.15) is 5.58 Å². The quantitative estimate of drug-likeness (QED) is 0.758. The van der Waals surface area contributed by atoms with Gasteiger partial charge in [-0.05, 0) is 25.0 Å². The Hall–Kier alpha value is -2.31. The zero-order valence-corrected chi connectivity index (χ0v) is 13.2. The predicted molar refractivity (Wildman–Crippen MR) is 86.4 cm³/mol. The minimum atomic E-state index is -1.11. The summed E-state index contributed by atoms with van der Waals surface area (Å²) < 4.78 is 16.6. The molecule has 3 rings (SSSR count). The van der Waals surface area contributed by atoms with Crippen molar-refractivity contribution >= 4 is 16.9 Å². The summed E-state index contributed by atoms with van der Waals surface area (Å²) in [5, 5.41) is 19.1. The van der Waals surface area contributed by atoms with Crippen LogP contribution in [-0.4, -0.2) is 35.7 Å². The Bertz CT molecular complexity index is 732. The van der Waals surface area contributed by atoms with Crippen molar-refractivity contribution in [1.29, 1.82) is 0 Å². The third kappa shape index (κ3) is 3.60. The fourth-order valence-corrected chi connectivity index (χ4v) is 2.84. The van der Waals surface area contributed by atoms with Gasteiger partial charge in [-0.15, -0.1) is 0 Å². The molecule has 1 aromatic carbocycles. The van der Waals surface area contributed by atoms with Crippen molar-refractivity contribution in [2.45, 2.75) is 31.5 Å². The molecular formula is C18H20O6. The Kier molecular flexibility index (Phi) is 5.17. The maximum atomic E-state index is 11.3. The number of hydrogen-bond acceptors (Lipinski definition) is 5. The van der Waals surface area contributed by atoms with E-state index in [1.807, 2.05) is 24.3 Å².